The van der Waals surface area contributed by atoms with Crippen molar-refractivity contribution in [1.82, 2.24) is 0 Å². The quantitative estimate of drug-likeness (QED) is 0.0222. The first-order valence-electron chi connectivity index (χ1n) is 34.6. The van der Waals surface area contributed by atoms with Crippen molar-refractivity contribution in [2.24, 2.45) is 5.92 Å². The predicted molar refractivity (Wildman–Crippen MR) is 340 cm³/mol. The van der Waals surface area contributed by atoms with Gasteiger partial charge in [0.1, 0.15) is 19.3 Å². The van der Waals surface area contributed by atoms with Crippen LogP contribution in [0, 0.1) is 5.92 Å². The van der Waals surface area contributed by atoms with Crippen molar-refractivity contribution in [3.63, 3.8) is 0 Å². The van der Waals surface area contributed by atoms with Gasteiger partial charge in [-0.15, -0.1) is 0 Å². The van der Waals surface area contributed by atoms with Crippen LogP contribution in [0.5, 0.6) is 0 Å². The Hall–Kier alpha value is -1.94. The lowest BCUT2D eigenvalue weighted by Gasteiger charge is -2.21. The molecule has 0 aromatic rings. The Kier molecular flexibility index (Phi) is 58.3. The van der Waals surface area contributed by atoms with Crippen LogP contribution in [0.1, 0.15) is 336 Å². The molecule has 17 nitrogen and oxygen atoms in total. The Morgan fingerprint density at radius 3 is 0.800 bits per heavy atom. The zero-order chi connectivity index (χ0) is 62.8. The average Bonchev–Trinajstić information content (AvgIpc) is 3.58. The number of carbonyl (C=O) groups is 4. The van der Waals surface area contributed by atoms with Crippen molar-refractivity contribution in [1.29, 1.82) is 0 Å². The van der Waals surface area contributed by atoms with Gasteiger partial charge in [-0.1, -0.05) is 285 Å². The molecule has 19 heteroatoms. The first-order valence-corrected chi connectivity index (χ1v) is 37.6. The highest BCUT2D eigenvalue weighted by Gasteiger charge is 2.30. The Balaban J connectivity index is 5.14. The molecule has 0 amide bonds. The van der Waals surface area contributed by atoms with Gasteiger partial charge in [0.2, 0.25) is 0 Å². The standard InChI is InChI=1S/C66H128O17P2/c1-6-9-12-15-18-20-21-22-23-24-25-26-27-28-29-31-36-42-47-52-66(71)83-62(56-77-64(69)50-45-40-37-32-34-38-43-48-59(4)5)58-81-85(74,75)79-54-60(67)53-78-84(72,73)80-57-61(55-76-63(68)49-44-39-33-17-14-11-8-3)82-65(70)51-46-41-35-30-19-16-13-10-7-2/h59-62,67H,6-58H2,1-5H3,(H,72,73)(H,74,75)/t60-,61+,62+/m0/s1. The fourth-order valence-electron chi connectivity index (χ4n) is 9.94. The fourth-order valence-corrected chi connectivity index (χ4v) is 11.5. The Morgan fingerprint density at radius 1 is 0.318 bits per heavy atom. The third kappa shape index (κ3) is 60.7. The van der Waals surface area contributed by atoms with E-state index < -0.39 is 97.5 Å². The van der Waals surface area contributed by atoms with Crippen molar-refractivity contribution in [2.75, 3.05) is 39.6 Å². The van der Waals surface area contributed by atoms with E-state index in [0.29, 0.717) is 31.6 Å². The molecule has 5 atom stereocenters. The number of carbonyl (C=O) groups excluding carboxylic acids is 4. The molecule has 0 spiro atoms. The highest BCUT2D eigenvalue weighted by molar-refractivity contribution is 7.47. The van der Waals surface area contributed by atoms with Gasteiger partial charge in [-0.25, -0.2) is 9.13 Å². The average molecular weight is 1260 g/mol. The number of hydrogen-bond acceptors (Lipinski definition) is 15. The monoisotopic (exact) mass is 1250 g/mol. The number of phosphoric acid groups is 2. The Morgan fingerprint density at radius 2 is 0.541 bits per heavy atom. The summed E-state index contributed by atoms with van der Waals surface area (Å²) in [6, 6.07) is 0. The summed E-state index contributed by atoms with van der Waals surface area (Å²) in [5.74, 6) is -1.43. The van der Waals surface area contributed by atoms with E-state index in [1.165, 1.54) is 141 Å². The minimum atomic E-state index is -4.94. The third-order valence-electron chi connectivity index (χ3n) is 15.3. The van der Waals surface area contributed by atoms with Gasteiger partial charge in [0.05, 0.1) is 26.4 Å². The van der Waals surface area contributed by atoms with E-state index in [1.54, 1.807) is 0 Å². The zero-order valence-electron chi connectivity index (χ0n) is 54.7. The number of esters is 4. The second-order valence-corrected chi connectivity index (χ2v) is 27.2. The molecule has 0 saturated heterocycles. The normalized spacial score (nSPS) is 14.2. The fraction of sp³-hybridized carbons (Fsp3) is 0.939. The van der Waals surface area contributed by atoms with Crippen LogP contribution >= 0.6 is 15.6 Å². The van der Waals surface area contributed by atoms with Gasteiger partial charge < -0.3 is 33.8 Å². The van der Waals surface area contributed by atoms with Crippen LogP contribution in [0.25, 0.3) is 0 Å². The molecule has 0 aromatic carbocycles. The van der Waals surface area contributed by atoms with E-state index in [0.717, 1.165) is 109 Å². The molecule has 504 valence electrons. The van der Waals surface area contributed by atoms with Gasteiger partial charge in [0, 0.05) is 25.7 Å². The van der Waals surface area contributed by atoms with Crippen LogP contribution in [0.2, 0.25) is 0 Å². The molecule has 0 aliphatic rings. The van der Waals surface area contributed by atoms with Gasteiger partial charge >= 0.3 is 39.5 Å². The van der Waals surface area contributed by atoms with E-state index in [2.05, 4.69) is 34.6 Å². The number of aliphatic hydroxyl groups excluding tert-OH is 1. The van der Waals surface area contributed by atoms with Gasteiger partial charge in [0.25, 0.3) is 0 Å². The second kappa shape index (κ2) is 59.7. The van der Waals surface area contributed by atoms with Crippen molar-refractivity contribution < 1.29 is 80.2 Å². The molecule has 0 radical (unpaired) electrons. The highest BCUT2D eigenvalue weighted by Crippen LogP contribution is 2.45. The molecular formula is C66H128O17P2. The first-order chi connectivity index (χ1) is 41.0. The molecule has 0 heterocycles. The molecule has 0 aromatic heterocycles. The number of aliphatic hydroxyl groups is 1. The lowest BCUT2D eigenvalue weighted by atomic mass is 10.0. The van der Waals surface area contributed by atoms with E-state index >= 15 is 0 Å². The molecule has 0 bridgehead atoms. The molecule has 85 heavy (non-hydrogen) atoms. The first kappa shape index (κ1) is 83.1. The summed E-state index contributed by atoms with van der Waals surface area (Å²) >= 11 is 0. The SMILES string of the molecule is CCCCCCCCCCCCCCCCCCCCCC(=O)O[C@H](COC(=O)CCCCCCCCCC(C)C)COP(=O)(O)OC[C@@H](O)COP(=O)(O)OC[C@@H](COC(=O)CCCCCCCCC)OC(=O)CCCCCCCCCCC. The van der Waals surface area contributed by atoms with Crippen LogP contribution in [-0.2, 0) is 65.4 Å². The van der Waals surface area contributed by atoms with Crippen LogP contribution in [-0.4, -0.2) is 96.7 Å². The van der Waals surface area contributed by atoms with E-state index in [4.69, 9.17) is 37.0 Å². The predicted octanol–water partition coefficient (Wildman–Crippen LogP) is 18.6. The summed E-state index contributed by atoms with van der Waals surface area (Å²) < 4.78 is 67.9. The van der Waals surface area contributed by atoms with E-state index in [-0.39, 0.29) is 25.7 Å². The summed E-state index contributed by atoms with van der Waals surface area (Å²) in [5, 5.41) is 10.5. The Labute approximate surface area is 517 Å². The van der Waals surface area contributed by atoms with E-state index in [9.17, 15) is 43.2 Å². The molecule has 2 unspecified atom stereocenters. The maximum Gasteiger partial charge on any atom is 0.472 e. The van der Waals surface area contributed by atoms with Crippen LogP contribution in [0.4, 0.5) is 0 Å². The summed E-state index contributed by atoms with van der Waals surface area (Å²) in [6.45, 7) is 7.10. The lowest BCUT2D eigenvalue weighted by molar-refractivity contribution is -0.161. The summed E-state index contributed by atoms with van der Waals surface area (Å²) in [4.78, 5) is 72.1. The molecule has 0 saturated carbocycles. The van der Waals surface area contributed by atoms with Gasteiger partial charge in [-0.05, 0) is 31.6 Å². The highest BCUT2D eigenvalue weighted by atomic mass is 31.2. The van der Waals surface area contributed by atoms with Crippen molar-refractivity contribution in [3.8, 4) is 0 Å². The van der Waals surface area contributed by atoms with Crippen LogP contribution in [0.15, 0.2) is 0 Å². The Bertz CT molecular complexity index is 1650. The van der Waals surface area contributed by atoms with Crippen molar-refractivity contribution in [2.45, 2.75) is 355 Å². The molecule has 0 aliphatic heterocycles. The maximum atomic E-state index is 13.0. The number of unbranched alkanes of at least 4 members (excludes halogenated alkanes) is 38. The lowest BCUT2D eigenvalue weighted by Crippen LogP contribution is -2.30. The van der Waals surface area contributed by atoms with Crippen LogP contribution in [0.3, 0.4) is 0 Å². The van der Waals surface area contributed by atoms with Crippen LogP contribution < -0.4 is 0 Å². The molecule has 0 rings (SSSR count). The van der Waals surface area contributed by atoms with Gasteiger partial charge in [-0.3, -0.25) is 37.3 Å². The minimum absolute atomic E-state index is 0.105. The summed E-state index contributed by atoms with van der Waals surface area (Å²) in [5.41, 5.74) is 0. The smallest absolute Gasteiger partial charge is 0.462 e. The van der Waals surface area contributed by atoms with Gasteiger partial charge in [0.15, 0.2) is 12.2 Å². The molecule has 0 fully saturated rings. The molecular weight excluding hydrogens is 1130 g/mol. The zero-order valence-corrected chi connectivity index (χ0v) is 56.5. The van der Waals surface area contributed by atoms with Crippen molar-refractivity contribution in [3.05, 3.63) is 0 Å². The van der Waals surface area contributed by atoms with Crippen molar-refractivity contribution >= 4 is 39.5 Å². The number of ether oxygens (including phenoxy) is 4. The molecule has 3 N–H and O–H groups in total. The third-order valence-corrected chi connectivity index (χ3v) is 17.2. The number of phosphoric ester groups is 2. The maximum absolute atomic E-state index is 13.0. The number of hydrogen-bond donors (Lipinski definition) is 3. The molecule has 0 aliphatic carbocycles. The second-order valence-electron chi connectivity index (χ2n) is 24.3. The minimum Gasteiger partial charge on any atom is -0.462 e. The number of rotatable bonds is 66. The largest absolute Gasteiger partial charge is 0.472 e. The summed E-state index contributed by atoms with van der Waals surface area (Å²) in [7, 11) is -9.88. The van der Waals surface area contributed by atoms with E-state index in [1.807, 2.05) is 0 Å². The summed E-state index contributed by atoms with van der Waals surface area (Å²) in [6.07, 6.45) is 44.8. The topological polar surface area (TPSA) is 237 Å². The van der Waals surface area contributed by atoms with Gasteiger partial charge in [-0.2, -0.15) is 0 Å².